The van der Waals surface area contributed by atoms with E-state index in [2.05, 4.69) is 6.07 Å². The van der Waals surface area contributed by atoms with E-state index in [-0.39, 0.29) is 23.2 Å². The molecule has 0 aromatic heterocycles. The van der Waals surface area contributed by atoms with Crippen molar-refractivity contribution >= 4 is 18.7 Å². The van der Waals surface area contributed by atoms with E-state index in [9.17, 15) is 4.79 Å². The monoisotopic (exact) mass is 389 g/mol. The lowest BCUT2D eigenvalue weighted by Gasteiger charge is -2.40. The molecule has 3 rings (SSSR count). The lowest BCUT2D eigenvalue weighted by molar-refractivity contribution is 0.00578. The molecular formula is C21H32BNO5. The maximum Gasteiger partial charge on any atom is 0.494 e. The minimum atomic E-state index is -0.490. The van der Waals surface area contributed by atoms with Gasteiger partial charge in [-0.15, -0.1) is 0 Å². The molecule has 1 amide bonds. The van der Waals surface area contributed by atoms with Gasteiger partial charge < -0.3 is 23.7 Å². The number of hydrogen-bond donors (Lipinski definition) is 0. The summed E-state index contributed by atoms with van der Waals surface area (Å²) in [6.45, 7) is 15.0. The Morgan fingerprint density at radius 3 is 2.21 bits per heavy atom. The molecular weight excluding hydrogens is 357 g/mol. The van der Waals surface area contributed by atoms with Gasteiger partial charge in [0.15, 0.2) is 0 Å². The predicted molar refractivity (Wildman–Crippen MR) is 109 cm³/mol. The molecule has 1 aromatic carbocycles. The summed E-state index contributed by atoms with van der Waals surface area (Å²) in [5, 5.41) is 0. The van der Waals surface area contributed by atoms with Gasteiger partial charge >= 0.3 is 13.2 Å². The van der Waals surface area contributed by atoms with Gasteiger partial charge in [-0.25, -0.2) is 4.79 Å². The third kappa shape index (κ3) is 4.01. The van der Waals surface area contributed by atoms with Crippen molar-refractivity contribution in [3.63, 3.8) is 0 Å². The number of carbonyl (C=O) groups is 1. The number of ether oxygens (including phenoxy) is 2. The summed E-state index contributed by atoms with van der Waals surface area (Å²) >= 11 is 0. The Labute approximate surface area is 168 Å². The molecule has 7 heteroatoms. The molecule has 0 atom stereocenters. The fraction of sp³-hybridized carbons (Fsp3) is 0.667. The Kier molecular flexibility index (Phi) is 5.22. The van der Waals surface area contributed by atoms with Gasteiger partial charge in [0.1, 0.15) is 11.4 Å². The zero-order valence-electron chi connectivity index (χ0n) is 18.3. The lowest BCUT2D eigenvalue weighted by Crippen LogP contribution is -2.50. The van der Waals surface area contributed by atoms with E-state index >= 15 is 0 Å². The van der Waals surface area contributed by atoms with Crippen molar-refractivity contribution in [1.29, 1.82) is 0 Å². The van der Waals surface area contributed by atoms with Gasteiger partial charge in [-0.1, -0.05) is 12.1 Å². The lowest BCUT2D eigenvalue weighted by atomic mass is 9.76. The second-order valence-corrected chi connectivity index (χ2v) is 9.67. The summed E-state index contributed by atoms with van der Waals surface area (Å²) < 4.78 is 23.4. The third-order valence-corrected chi connectivity index (χ3v) is 5.75. The molecule has 154 valence electrons. The molecule has 2 heterocycles. The molecule has 0 radical (unpaired) electrons. The van der Waals surface area contributed by atoms with Crippen molar-refractivity contribution < 1.29 is 23.6 Å². The van der Waals surface area contributed by atoms with Gasteiger partial charge in [0, 0.05) is 24.6 Å². The number of methoxy groups -OCH3 is 1. The van der Waals surface area contributed by atoms with Crippen LogP contribution in [0.15, 0.2) is 18.2 Å². The van der Waals surface area contributed by atoms with Crippen LogP contribution in [0, 0.1) is 0 Å². The number of hydrogen-bond acceptors (Lipinski definition) is 5. The van der Waals surface area contributed by atoms with Crippen LogP contribution in [0.25, 0.3) is 0 Å². The highest BCUT2D eigenvalue weighted by Crippen LogP contribution is 2.38. The van der Waals surface area contributed by atoms with Crippen LogP contribution in [-0.4, -0.2) is 55.1 Å². The molecule has 2 aliphatic heterocycles. The number of carbonyl (C=O) groups excluding carboxylic acids is 1. The average Bonchev–Trinajstić information content (AvgIpc) is 2.72. The van der Waals surface area contributed by atoms with Gasteiger partial charge in [-0.05, 0) is 60.0 Å². The Morgan fingerprint density at radius 2 is 1.71 bits per heavy atom. The molecule has 0 unspecified atom stereocenters. The predicted octanol–water partition coefficient (Wildman–Crippen LogP) is 3.33. The van der Waals surface area contributed by atoms with E-state index in [4.69, 9.17) is 18.8 Å². The Bertz CT molecular complexity index is 734. The SMILES string of the molecule is COc1ccc(B2OC(C)(C)C(C)(C)O2)cc1C1CN(C(=O)OC(C)(C)C)C1. The van der Waals surface area contributed by atoms with Crippen molar-refractivity contribution in [1.82, 2.24) is 4.90 Å². The molecule has 1 aromatic rings. The normalized spacial score (nSPS) is 21.4. The van der Waals surface area contributed by atoms with Crippen LogP contribution in [0.5, 0.6) is 5.75 Å². The highest BCUT2D eigenvalue weighted by molar-refractivity contribution is 6.62. The van der Waals surface area contributed by atoms with Crippen LogP contribution >= 0.6 is 0 Å². The third-order valence-electron chi connectivity index (χ3n) is 5.75. The van der Waals surface area contributed by atoms with Gasteiger partial charge in [0.2, 0.25) is 0 Å². The largest absolute Gasteiger partial charge is 0.496 e. The first-order valence-electron chi connectivity index (χ1n) is 9.84. The number of rotatable bonds is 3. The van der Waals surface area contributed by atoms with Gasteiger partial charge in [0.25, 0.3) is 0 Å². The molecule has 0 saturated carbocycles. The molecule has 28 heavy (non-hydrogen) atoms. The van der Waals surface area contributed by atoms with Crippen LogP contribution in [0.2, 0.25) is 0 Å². The molecule has 2 saturated heterocycles. The first kappa shape index (κ1) is 21.0. The second kappa shape index (κ2) is 6.96. The highest BCUT2D eigenvalue weighted by Gasteiger charge is 2.52. The Morgan fingerprint density at radius 1 is 1.14 bits per heavy atom. The smallest absolute Gasteiger partial charge is 0.494 e. The zero-order valence-corrected chi connectivity index (χ0v) is 18.3. The van der Waals surface area contributed by atoms with E-state index in [1.807, 2.05) is 60.6 Å². The summed E-state index contributed by atoms with van der Waals surface area (Å²) in [6, 6.07) is 6.01. The molecule has 2 fully saturated rings. The summed E-state index contributed by atoms with van der Waals surface area (Å²) in [5.74, 6) is 1.01. The van der Waals surface area contributed by atoms with Crippen molar-refractivity contribution in [3.05, 3.63) is 23.8 Å². The quantitative estimate of drug-likeness (QED) is 0.743. The summed E-state index contributed by atoms with van der Waals surface area (Å²) in [7, 11) is 1.24. The molecule has 0 aliphatic carbocycles. The van der Waals surface area contributed by atoms with Crippen molar-refractivity contribution in [2.45, 2.75) is 71.2 Å². The summed E-state index contributed by atoms with van der Waals surface area (Å²) in [6.07, 6.45) is -0.273. The number of nitrogens with zero attached hydrogens (tertiary/aromatic N) is 1. The molecule has 0 bridgehead atoms. The fourth-order valence-electron chi connectivity index (χ4n) is 3.35. The van der Waals surface area contributed by atoms with Gasteiger partial charge in [0.05, 0.1) is 18.3 Å². The van der Waals surface area contributed by atoms with Gasteiger partial charge in [-0.3, -0.25) is 0 Å². The van der Waals surface area contributed by atoms with Crippen molar-refractivity contribution in [2.24, 2.45) is 0 Å². The van der Waals surface area contributed by atoms with Gasteiger partial charge in [-0.2, -0.15) is 0 Å². The van der Waals surface area contributed by atoms with Crippen LogP contribution in [0.4, 0.5) is 4.79 Å². The van der Waals surface area contributed by atoms with E-state index in [0.29, 0.717) is 13.1 Å². The molecule has 6 nitrogen and oxygen atoms in total. The topological polar surface area (TPSA) is 57.2 Å². The number of benzene rings is 1. The van der Waals surface area contributed by atoms with E-state index in [0.717, 1.165) is 16.8 Å². The maximum absolute atomic E-state index is 12.2. The maximum atomic E-state index is 12.2. The van der Waals surface area contributed by atoms with Crippen LogP contribution in [0.1, 0.15) is 59.9 Å². The Balaban J connectivity index is 1.75. The van der Waals surface area contributed by atoms with Crippen LogP contribution in [-0.2, 0) is 14.0 Å². The molecule has 0 spiro atoms. The van der Waals surface area contributed by atoms with Crippen LogP contribution in [0.3, 0.4) is 0 Å². The van der Waals surface area contributed by atoms with Crippen LogP contribution < -0.4 is 10.2 Å². The minimum absolute atomic E-state index is 0.199. The Hall–Kier alpha value is -1.73. The second-order valence-electron chi connectivity index (χ2n) is 9.67. The van der Waals surface area contributed by atoms with E-state index < -0.39 is 12.7 Å². The first-order chi connectivity index (χ1) is 12.8. The number of likely N-dealkylation sites (tertiary alicyclic amines) is 1. The van der Waals surface area contributed by atoms with E-state index in [1.165, 1.54) is 0 Å². The fourth-order valence-corrected chi connectivity index (χ4v) is 3.35. The molecule has 0 N–H and O–H groups in total. The summed E-state index contributed by atoms with van der Waals surface area (Å²) in [4.78, 5) is 13.9. The standard InChI is InChI=1S/C21H32BNO5/c1-19(2,3)26-18(24)23-12-14(13-23)16-11-15(9-10-17(16)25-8)22-27-20(4,5)21(6,7)28-22/h9-11,14H,12-13H2,1-8H3. The molecule has 2 aliphatic rings. The first-order valence-corrected chi connectivity index (χ1v) is 9.84. The zero-order chi connectivity index (χ0) is 20.9. The average molecular weight is 389 g/mol. The van der Waals surface area contributed by atoms with Crippen molar-refractivity contribution in [2.75, 3.05) is 20.2 Å². The minimum Gasteiger partial charge on any atom is -0.496 e. The van der Waals surface area contributed by atoms with E-state index in [1.54, 1.807) is 12.0 Å². The van der Waals surface area contributed by atoms with Crippen molar-refractivity contribution in [3.8, 4) is 5.75 Å². The summed E-state index contributed by atoms with van der Waals surface area (Å²) in [5.41, 5.74) is 0.764. The number of amides is 1. The highest BCUT2D eigenvalue weighted by atomic mass is 16.7.